The molecule has 1 heterocycles. The molecule has 1 amide bonds. The van der Waals surface area contributed by atoms with Crippen molar-refractivity contribution in [1.29, 1.82) is 0 Å². The minimum atomic E-state index is -4.34. The lowest BCUT2D eigenvalue weighted by molar-refractivity contribution is -0.140. The topological polar surface area (TPSA) is 143 Å². The van der Waals surface area contributed by atoms with Crippen molar-refractivity contribution in [2.75, 3.05) is 19.7 Å². The van der Waals surface area contributed by atoms with Crippen molar-refractivity contribution in [2.24, 2.45) is 0 Å². The van der Waals surface area contributed by atoms with Gasteiger partial charge in [-0.1, -0.05) is 0 Å². The molecule has 2 N–H and O–H groups in total. The summed E-state index contributed by atoms with van der Waals surface area (Å²) in [7, 11) is -4.34. The molecule has 1 unspecified atom stereocenters. The molecule has 0 aliphatic rings. The molecule has 140 valence electrons. The molecule has 0 bridgehead atoms. The maximum atomic E-state index is 12.7. The molecule has 0 spiro atoms. The number of hydrogen-bond acceptors (Lipinski definition) is 7. The summed E-state index contributed by atoms with van der Waals surface area (Å²) in [5.41, 5.74) is 0. The van der Waals surface area contributed by atoms with Gasteiger partial charge in [0.05, 0.1) is 6.61 Å². The molecular weight excluding hydrogens is 356 g/mol. The second kappa shape index (κ2) is 8.62. The molecule has 1 aromatic heterocycles. The van der Waals surface area contributed by atoms with Crippen LogP contribution >= 0.6 is 0 Å². The lowest BCUT2D eigenvalue weighted by Crippen LogP contribution is -2.46. The normalized spacial score (nSPS) is 12.6. The number of esters is 1. The number of carboxylic acid groups (broad SMARTS) is 1. The van der Waals surface area contributed by atoms with Gasteiger partial charge in [-0.15, -0.1) is 0 Å². The molecule has 0 aliphatic carbocycles. The van der Waals surface area contributed by atoms with Crippen LogP contribution in [0.3, 0.4) is 0 Å². The minimum absolute atomic E-state index is 0.0838. The number of carbonyl (C=O) groups is 3. The Morgan fingerprint density at radius 3 is 2.52 bits per heavy atom. The maximum Gasteiger partial charge on any atom is 0.374 e. The highest BCUT2D eigenvalue weighted by atomic mass is 32.2. The van der Waals surface area contributed by atoms with E-state index in [-0.39, 0.29) is 31.4 Å². The zero-order valence-electron chi connectivity index (χ0n) is 14.0. The third kappa shape index (κ3) is 5.29. The van der Waals surface area contributed by atoms with Crippen LogP contribution in [0.1, 0.15) is 31.3 Å². The second-order valence-corrected chi connectivity index (χ2v) is 6.77. The van der Waals surface area contributed by atoms with Gasteiger partial charge in [-0.2, -0.15) is 4.31 Å². The summed E-state index contributed by atoms with van der Waals surface area (Å²) in [6.45, 7) is 3.72. The van der Waals surface area contributed by atoms with Crippen LogP contribution in [-0.4, -0.2) is 61.4 Å². The Bertz CT molecular complexity index is 740. The van der Waals surface area contributed by atoms with Gasteiger partial charge < -0.3 is 19.6 Å². The summed E-state index contributed by atoms with van der Waals surface area (Å²) in [6.07, 6.45) is 0. The van der Waals surface area contributed by atoms with E-state index in [1.165, 1.54) is 13.8 Å². The number of amides is 1. The van der Waals surface area contributed by atoms with E-state index < -0.39 is 33.1 Å². The Hall–Kier alpha value is -2.40. The third-order valence-electron chi connectivity index (χ3n) is 3.12. The minimum Gasteiger partial charge on any atom is -0.480 e. The van der Waals surface area contributed by atoms with E-state index in [1.54, 1.807) is 6.92 Å². The fourth-order valence-electron chi connectivity index (χ4n) is 1.87. The van der Waals surface area contributed by atoms with Crippen LogP contribution in [0.15, 0.2) is 21.6 Å². The van der Waals surface area contributed by atoms with E-state index in [4.69, 9.17) is 14.3 Å². The van der Waals surface area contributed by atoms with Crippen molar-refractivity contribution >= 4 is 27.9 Å². The fourth-order valence-corrected chi connectivity index (χ4v) is 3.38. The van der Waals surface area contributed by atoms with Crippen molar-refractivity contribution in [3.63, 3.8) is 0 Å². The number of furan rings is 1. The first kappa shape index (κ1) is 20.6. The molecule has 0 saturated heterocycles. The van der Waals surface area contributed by atoms with Crippen LogP contribution in [-0.2, 0) is 24.3 Å². The molecule has 11 heteroatoms. The molecule has 1 atom stereocenters. The molecule has 0 aliphatic heterocycles. The van der Waals surface area contributed by atoms with Gasteiger partial charge in [0.2, 0.25) is 16.8 Å². The zero-order chi connectivity index (χ0) is 19.2. The number of ether oxygens (including phenoxy) is 1. The average Bonchev–Trinajstić information content (AvgIpc) is 3.01. The molecule has 1 aromatic rings. The lowest BCUT2D eigenvalue weighted by atomic mass is 10.3. The quantitative estimate of drug-likeness (QED) is 0.576. The number of nitrogens with zero attached hydrogens (tertiary/aromatic N) is 1. The van der Waals surface area contributed by atoms with Gasteiger partial charge in [0, 0.05) is 20.0 Å². The predicted octanol–water partition coefficient (Wildman–Crippen LogP) is 0.0562. The first-order valence-corrected chi connectivity index (χ1v) is 8.81. The summed E-state index contributed by atoms with van der Waals surface area (Å²) in [4.78, 5) is 33.7. The third-order valence-corrected chi connectivity index (χ3v) is 4.96. The average molecular weight is 376 g/mol. The van der Waals surface area contributed by atoms with Crippen LogP contribution in [0, 0.1) is 0 Å². The first-order valence-electron chi connectivity index (χ1n) is 7.37. The number of carboxylic acids is 1. The molecule has 0 radical (unpaired) electrons. The predicted molar refractivity (Wildman–Crippen MR) is 84.3 cm³/mol. The summed E-state index contributed by atoms with van der Waals surface area (Å²) >= 11 is 0. The molecule has 0 aromatic carbocycles. The van der Waals surface area contributed by atoms with Crippen LogP contribution in [0.25, 0.3) is 0 Å². The zero-order valence-corrected chi connectivity index (χ0v) is 14.8. The highest BCUT2D eigenvalue weighted by Gasteiger charge is 2.35. The summed E-state index contributed by atoms with van der Waals surface area (Å²) < 4.78 is 35.7. The highest BCUT2D eigenvalue weighted by Crippen LogP contribution is 2.21. The van der Waals surface area contributed by atoms with Crippen molar-refractivity contribution in [2.45, 2.75) is 31.9 Å². The first-order chi connectivity index (χ1) is 11.6. The van der Waals surface area contributed by atoms with Crippen molar-refractivity contribution in [3.05, 3.63) is 17.9 Å². The Morgan fingerprint density at radius 2 is 2.00 bits per heavy atom. The van der Waals surface area contributed by atoms with Gasteiger partial charge in [0.15, 0.2) is 0 Å². The monoisotopic (exact) mass is 376 g/mol. The number of aliphatic carboxylic acids is 1. The Kier molecular flexibility index (Phi) is 7.12. The van der Waals surface area contributed by atoms with Crippen molar-refractivity contribution < 1.29 is 37.1 Å². The van der Waals surface area contributed by atoms with E-state index in [2.05, 4.69) is 5.32 Å². The van der Waals surface area contributed by atoms with Gasteiger partial charge in [0.1, 0.15) is 6.04 Å². The number of nitrogens with one attached hydrogen (secondary N) is 1. The molecule has 1 rings (SSSR count). The fraction of sp³-hybridized carbons (Fsp3) is 0.500. The smallest absolute Gasteiger partial charge is 0.374 e. The van der Waals surface area contributed by atoms with Gasteiger partial charge in [0.25, 0.3) is 10.0 Å². The standard InChI is InChI=1S/C14H20N2O8S/c1-4-23-14(20)11-5-6-12(24-11)25(21,22)16(9(2)13(18)19)8-7-15-10(3)17/h5-6,9H,4,7-8H2,1-3H3,(H,15,17)(H,18,19). The summed E-state index contributed by atoms with van der Waals surface area (Å²) in [6, 6.07) is 0.763. The van der Waals surface area contributed by atoms with E-state index >= 15 is 0 Å². The summed E-state index contributed by atoms with van der Waals surface area (Å²) in [5, 5.41) is 10.9. The Balaban J connectivity index is 3.11. The van der Waals surface area contributed by atoms with E-state index in [0.717, 1.165) is 12.1 Å². The van der Waals surface area contributed by atoms with E-state index in [1.807, 2.05) is 0 Å². The lowest BCUT2D eigenvalue weighted by Gasteiger charge is -2.24. The van der Waals surface area contributed by atoms with Gasteiger partial charge >= 0.3 is 11.9 Å². The molecule has 0 fully saturated rings. The number of hydrogen-bond donors (Lipinski definition) is 2. The summed E-state index contributed by atoms with van der Waals surface area (Å²) in [5.74, 6) is -2.91. The van der Waals surface area contributed by atoms with Crippen LogP contribution in [0.5, 0.6) is 0 Å². The van der Waals surface area contributed by atoms with E-state index in [0.29, 0.717) is 4.31 Å². The van der Waals surface area contributed by atoms with Crippen LogP contribution in [0.2, 0.25) is 0 Å². The van der Waals surface area contributed by atoms with Crippen LogP contribution < -0.4 is 5.32 Å². The number of carbonyl (C=O) groups excluding carboxylic acids is 2. The Morgan fingerprint density at radius 1 is 1.36 bits per heavy atom. The van der Waals surface area contributed by atoms with Crippen molar-refractivity contribution in [1.82, 2.24) is 9.62 Å². The SMILES string of the molecule is CCOC(=O)c1ccc(S(=O)(=O)N(CCNC(C)=O)C(C)C(=O)O)o1. The Labute approximate surface area is 144 Å². The molecule has 25 heavy (non-hydrogen) atoms. The number of rotatable bonds is 9. The van der Waals surface area contributed by atoms with E-state index in [9.17, 15) is 22.8 Å². The molecule has 10 nitrogen and oxygen atoms in total. The van der Waals surface area contributed by atoms with Gasteiger partial charge in [-0.25, -0.2) is 13.2 Å². The molecular formula is C14H20N2O8S. The highest BCUT2D eigenvalue weighted by molar-refractivity contribution is 7.89. The molecule has 0 saturated carbocycles. The number of sulfonamides is 1. The van der Waals surface area contributed by atoms with Gasteiger partial charge in [-0.05, 0) is 26.0 Å². The maximum absolute atomic E-state index is 12.7. The van der Waals surface area contributed by atoms with Gasteiger partial charge in [-0.3, -0.25) is 9.59 Å². The van der Waals surface area contributed by atoms with Crippen molar-refractivity contribution in [3.8, 4) is 0 Å². The van der Waals surface area contributed by atoms with Crippen LogP contribution in [0.4, 0.5) is 0 Å². The second-order valence-electron chi connectivity index (χ2n) is 4.95. The largest absolute Gasteiger partial charge is 0.480 e.